The third kappa shape index (κ3) is 0.432. The summed E-state index contributed by atoms with van der Waals surface area (Å²) in [6.45, 7) is 2.20. The summed E-state index contributed by atoms with van der Waals surface area (Å²) in [5.74, 6) is 0.810. The molecule has 0 bridgehead atoms. The highest BCUT2D eigenvalue weighted by atomic mass is 14.7. The van der Waals surface area contributed by atoms with Gasteiger partial charge in [-0.15, -0.1) is 0 Å². The summed E-state index contributed by atoms with van der Waals surface area (Å²) >= 11 is 0. The largest absolute Gasteiger partial charge is 0.327 e. The van der Waals surface area contributed by atoms with Crippen LogP contribution >= 0.6 is 0 Å². The van der Waals surface area contributed by atoms with E-state index in [2.05, 4.69) is 6.92 Å². The minimum absolute atomic E-state index is 0.532. The van der Waals surface area contributed by atoms with Crippen molar-refractivity contribution in [3.63, 3.8) is 0 Å². The lowest BCUT2D eigenvalue weighted by Gasteiger charge is -2.29. The van der Waals surface area contributed by atoms with Gasteiger partial charge in [-0.2, -0.15) is 0 Å². The van der Waals surface area contributed by atoms with E-state index in [0.29, 0.717) is 6.04 Å². The second-order valence-corrected chi connectivity index (χ2v) is 2.22. The molecule has 1 saturated carbocycles. The molecule has 0 aromatic heterocycles. The van der Waals surface area contributed by atoms with Crippen LogP contribution in [0.2, 0.25) is 0 Å². The molecule has 0 radical (unpaired) electrons. The average molecular weight is 85.2 g/mol. The van der Waals surface area contributed by atoms with Gasteiger partial charge in [0, 0.05) is 6.04 Å². The van der Waals surface area contributed by atoms with Crippen LogP contribution in [0.5, 0.6) is 0 Å². The van der Waals surface area contributed by atoms with E-state index >= 15 is 0 Å². The predicted octanol–water partition coefficient (Wildman–Crippen LogP) is 0.744. The van der Waals surface area contributed by atoms with Gasteiger partial charge in [0.2, 0.25) is 0 Å². The zero-order valence-electron chi connectivity index (χ0n) is 4.15. The lowest BCUT2D eigenvalue weighted by Crippen LogP contribution is -2.37. The van der Waals surface area contributed by atoms with Gasteiger partial charge in [0.1, 0.15) is 0 Å². The van der Waals surface area contributed by atoms with Gasteiger partial charge in [-0.25, -0.2) is 0 Å². The van der Waals surface area contributed by atoms with Crippen molar-refractivity contribution in [2.75, 3.05) is 0 Å². The van der Waals surface area contributed by atoms with Crippen LogP contribution in [0.4, 0.5) is 0 Å². The minimum atomic E-state index is 0.532. The van der Waals surface area contributed by atoms with Crippen molar-refractivity contribution in [1.29, 1.82) is 0 Å². The monoisotopic (exact) mass is 85.1 g/mol. The summed E-state index contributed by atoms with van der Waals surface area (Å²) in [6.07, 6.45) is 2.60. The van der Waals surface area contributed by atoms with E-state index in [0.717, 1.165) is 5.92 Å². The average Bonchev–Trinajstić information content (AvgIpc) is 1.61. The van der Waals surface area contributed by atoms with Crippen LogP contribution in [0.15, 0.2) is 0 Å². The van der Waals surface area contributed by atoms with Crippen molar-refractivity contribution in [3.8, 4) is 0 Å². The molecule has 1 nitrogen and oxygen atoms in total. The summed E-state index contributed by atoms with van der Waals surface area (Å²) in [4.78, 5) is 0. The van der Waals surface area contributed by atoms with Crippen molar-refractivity contribution in [1.82, 2.24) is 0 Å². The minimum Gasteiger partial charge on any atom is -0.327 e. The molecule has 36 valence electrons. The van der Waals surface area contributed by atoms with E-state index in [1.54, 1.807) is 0 Å². The molecule has 1 aliphatic rings. The fourth-order valence-electron chi connectivity index (χ4n) is 0.692. The SMILES string of the molecule is CC1CCC1N. The summed E-state index contributed by atoms with van der Waals surface area (Å²) in [6, 6.07) is 0.532. The maximum absolute atomic E-state index is 5.52. The van der Waals surface area contributed by atoms with Gasteiger partial charge in [-0.05, 0) is 18.8 Å². The van der Waals surface area contributed by atoms with Crippen molar-refractivity contribution in [3.05, 3.63) is 0 Å². The molecular formula is C5H11N. The van der Waals surface area contributed by atoms with Gasteiger partial charge in [-0.3, -0.25) is 0 Å². The lowest BCUT2D eigenvalue weighted by atomic mass is 9.82. The van der Waals surface area contributed by atoms with Crippen LogP contribution in [0.3, 0.4) is 0 Å². The summed E-state index contributed by atoms with van der Waals surface area (Å²) in [7, 11) is 0. The third-order valence-corrected chi connectivity index (χ3v) is 1.69. The molecule has 0 spiro atoms. The molecule has 0 aliphatic heterocycles. The molecule has 0 amide bonds. The van der Waals surface area contributed by atoms with Crippen LogP contribution < -0.4 is 5.73 Å². The Balaban J connectivity index is 2.20. The molecular weight excluding hydrogens is 74.1 g/mol. The Bertz CT molecular complexity index is 43.9. The van der Waals surface area contributed by atoms with Crippen LogP contribution in [-0.2, 0) is 0 Å². The molecule has 6 heavy (non-hydrogen) atoms. The Morgan fingerprint density at radius 1 is 1.50 bits per heavy atom. The van der Waals surface area contributed by atoms with Crippen LogP contribution in [0.1, 0.15) is 19.8 Å². The molecule has 0 heterocycles. The Hall–Kier alpha value is -0.0400. The first-order valence-electron chi connectivity index (χ1n) is 2.56. The van der Waals surface area contributed by atoms with E-state index in [-0.39, 0.29) is 0 Å². The fraction of sp³-hybridized carbons (Fsp3) is 1.00. The highest BCUT2D eigenvalue weighted by Crippen LogP contribution is 2.23. The Kier molecular flexibility index (Phi) is 0.845. The molecule has 0 aromatic rings. The van der Waals surface area contributed by atoms with Crippen molar-refractivity contribution in [2.45, 2.75) is 25.8 Å². The van der Waals surface area contributed by atoms with Crippen molar-refractivity contribution < 1.29 is 0 Å². The molecule has 1 heteroatoms. The van der Waals surface area contributed by atoms with E-state index in [4.69, 9.17) is 5.73 Å². The number of nitrogens with two attached hydrogens (primary N) is 1. The standard InChI is InChI=1S/C5H11N/c1-4-2-3-5(4)6/h4-5H,2-3,6H2,1H3. The highest BCUT2D eigenvalue weighted by Gasteiger charge is 2.21. The zero-order valence-corrected chi connectivity index (χ0v) is 4.15. The van der Waals surface area contributed by atoms with Gasteiger partial charge in [0.25, 0.3) is 0 Å². The van der Waals surface area contributed by atoms with Crippen LogP contribution in [-0.4, -0.2) is 6.04 Å². The van der Waals surface area contributed by atoms with E-state index in [1.165, 1.54) is 12.8 Å². The van der Waals surface area contributed by atoms with E-state index in [9.17, 15) is 0 Å². The lowest BCUT2D eigenvalue weighted by molar-refractivity contribution is 0.282. The second kappa shape index (κ2) is 1.23. The molecule has 2 unspecified atom stereocenters. The van der Waals surface area contributed by atoms with Gasteiger partial charge in [0.15, 0.2) is 0 Å². The Morgan fingerprint density at radius 3 is 2.00 bits per heavy atom. The molecule has 1 aliphatic carbocycles. The van der Waals surface area contributed by atoms with Gasteiger partial charge in [-0.1, -0.05) is 6.92 Å². The zero-order chi connectivity index (χ0) is 4.57. The first-order chi connectivity index (χ1) is 2.80. The molecule has 0 aromatic carbocycles. The smallest absolute Gasteiger partial charge is 0.00646 e. The summed E-state index contributed by atoms with van der Waals surface area (Å²) in [5, 5.41) is 0. The third-order valence-electron chi connectivity index (χ3n) is 1.69. The molecule has 1 fully saturated rings. The predicted molar refractivity (Wildman–Crippen MR) is 26.4 cm³/mol. The second-order valence-electron chi connectivity index (χ2n) is 2.22. The normalized spacial score (nSPS) is 45.0. The first kappa shape index (κ1) is 4.13. The van der Waals surface area contributed by atoms with Gasteiger partial charge in [0.05, 0.1) is 0 Å². The maximum atomic E-state index is 5.52. The Morgan fingerprint density at radius 2 is 2.00 bits per heavy atom. The first-order valence-corrected chi connectivity index (χ1v) is 2.56. The van der Waals surface area contributed by atoms with Gasteiger partial charge >= 0.3 is 0 Å². The highest BCUT2D eigenvalue weighted by molar-refractivity contribution is 4.79. The van der Waals surface area contributed by atoms with Crippen molar-refractivity contribution >= 4 is 0 Å². The number of hydrogen-bond donors (Lipinski definition) is 1. The number of rotatable bonds is 0. The number of hydrogen-bond acceptors (Lipinski definition) is 1. The molecule has 2 N–H and O–H groups in total. The van der Waals surface area contributed by atoms with Crippen molar-refractivity contribution in [2.24, 2.45) is 11.7 Å². The van der Waals surface area contributed by atoms with E-state index in [1.807, 2.05) is 0 Å². The van der Waals surface area contributed by atoms with E-state index < -0.39 is 0 Å². The van der Waals surface area contributed by atoms with Crippen LogP contribution in [0.25, 0.3) is 0 Å². The van der Waals surface area contributed by atoms with Crippen LogP contribution in [0, 0.1) is 5.92 Å². The quantitative estimate of drug-likeness (QED) is 0.461. The Labute approximate surface area is 38.5 Å². The maximum Gasteiger partial charge on any atom is 0.00646 e. The molecule has 1 rings (SSSR count). The van der Waals surface area contributed by atoms with Gasteiger partial charge < -0.3 is 5.73 Å². The molecule has 2 atom stereocenters. The summed E-state index contributed by atoms with van der Waals surface area (Å²) in [5.41, 5.74) is 5.52. The fourth-order valence-corrected chi connectivity index (χ4v) is 0.692. The topological polar surface area (TPSA) is 26.0 Å². The molecule has 0 saturated heterocycles. The summed E-state index contributed by atoms with van der Waals surface area (Å²) < 4.78 is 0.